The molecule has 1 atom stereocenters. The molecule has 0 bridgehead atoms. The topological polar surface area (TPSA) is 80.3 Å². The molecule has 1 aromatic heterocycles. The van der Waals surface area contributed by atoms with Gasteiger partial charge in [0.25, 0.3) is 12.3 Å². The fourth-order valence-corrected chi connectivity index (χ4v) is 2.90. The molecular formula is C20H22ClF2N3O3. The van der Waals surface area contributed by atoms with Gasteiger partial charge in [-0.25, -0.2) is 13.8 Å². The molecule has 0 saturated heterocycles. The van der Waals surface area contributed by atoms with Crippen molar-refractivity contribution in [1.29, 1.82) is 0 Å². The number of hydrogen-bond donors (Lipinski definition) is 2. The molecule has 1 heterocycles. The quantitative estimate of drug-likeness (QED) is 0.651. The maximum absolute atomic E-state index is 12.6. The van der Waals surface area contributed by atoms with Gasteiger partial charge in [-0.05, 0) is 43.2 Å². The smallest absolute Gasteiger partial charge is 0.272 e. The van der Waals surface area contributed by atoms with Gasteiger partial charge >= 0.3 is 0 Å². The Labute approximate surface area is 172 Å². The van der Waals surface area contributed by atoms with E-state index in [4.69, 9.17) is 16.3 Å². The number of hydrogen-bond acceptors (Lipinski definition) is 4. The zero-order valence-corrected chi connectivity index (χ0v) is 17.0. The van der Waals surface area contributed by atoms with Crippen molar-refractivity contribution in [1.82, 2.24) is 10.3 Å². The highest BCUT2D eigenvalue weighted by Crippen LogP contribution is 2.32. The molecule has 2 N–H and O–H groups in total. The number of rotatable bonds is 8. The molecule has 1 unspecified atom stereocenters. The number of halogens is 3. The highest BCUT2D eigenvalue weighted by atomic mass is 35.5. The minimum atomic E-state index is -2.60. The molecule has 156 valence electrons. The maximum Gasteiger partial charge on any atom is 0.272 e. The third-order valence-corrected chi connectivity index (χ3v) is 4.34. The number of aryl methyl sites for hydroxylation is 1. The Morgan fingerprint density at radius 2 is 2.00 bits per heavy atom. The lowest BCUT2D eigenvalue weighted by molar-refractivity contribution is -0.115. The molecule has 0 spiro atoms. The first kappa shape index (κ1) is 22.5. The van der Waals surface area contributed by atoms with Gasteiger partial charge in [-0.1, -0.05) is 24.6 Å². The average molecular weight is 426 g/mol. The van der Waals surface area contributed by atoms with Crippen molar-refractivity contribution < 1.29 is 23.1 Å². The van der Waals surface area contributed by atoms with Crippen LogP contribution in [0, 0.1) is 6.92 Å². The fourth-order valence-electron chi connectivity index (χ4n) is 2.57. The lowest BCUT2D eigenvalue weighted by Gasteiger charge is -2.18. The number of carbonyl (C=O) groups is 2. The van der Waals surface area contributed by atoms with Crippen LogP contribution in [-0.2, 0) is 4.79 Å². The minimum Gasteiger partial charge on any atom is -0.486 e. The van der Waals surface area contributed by atoms with Crippen LogP contribution in [-0.4, -0.2) is 29.8 Å². The van der Waals surface area contributed by atoms with Gasteiger partial charge in [0.05, 0.1) is 11.1 Å². The van der Waals surface area contributed by atoms with Crippen molar-refractivity contribution in [3.05, 3.63) is 52.2 Å². The fraction of sp³-hybridized carbons (Fsp3) is 0.350. The van der Waals surface area contributed by atoms with Crippen LogP contribution >= 0.6 is 11.6 Å². The predicted molar refractivity (Wildman–Crippen MR) is 107 cm³/mol. The highest BCUT2D eigenvalue weighted by molar-refractivity contribution is 6.32. The van der Waals surface area contributed by atoms with Gasteiger partial charge in [-0.2, -0.15) is 0 Å². The van der Waals surface area contributed by atoms with Gasteiger partial charge in [-0.15, -0.1) is 0 Å². The number of aromatic nitrogens is 1. The summed E-state index contributed by atoms with van der Waals surface area (Å²) in [4.78, 5) is 28.1. The number of carbonyl (C=O) groups excluding carboxylic acids is 2. The van der Waals surface area contributed by atoms with Crippen molar-refractivity contribution in [3.8, 4) is 5.75 Å². The number of ether oxygens (including phenoxy) is 1. The van der Waals surface area contributed by atoms with Crippen LogP contribution in [0.4, 0.5) is 14.6 Å². The first-order valence-electron chi connectivity index (χ1n) is 8.99. The van der Waals surface area contributed by atoms with E-state index in [-0.39, 0.29) is 28.4 Å². The lowest BCUT2D eigenvalue weighted by atomic mass is 10.0. The standard InChI is InChI=1S/C20H22ClF2N3O3/c1-4-18(27)26-17-9-13(5-6-24-17)20(28)25-12(3)14-7-11(2)19(15(21)8-14)29-10-16(22)23/h5-9,12,16H,4,10H2,1-3H3,(H,25,28)(H,24,26,27). The van der Waals surface area contributed by atoms with Gasteiger partial charge in [-0.3, -0.25) is 9.59 Å². The molecule has 0 saturated carbocycles. The second-order valence-corrected chi connectivity index (χ2v) is 6.78. The molecule has 0 aliphatic heterocycles. The van der Waals surface area contributed by atoms with Gasteiger partial charge < -0.3 is 15.4 Å². The van der Waals surface area contributed by atoms with E-state index in [0.29, 0.717) is 23.1 Å². The molecule has 1 aromatic carbocycles. The third kappa shape index (κ3) is 6.39. The third-order valence-electron chi connectivity index (χ3n) is 4.06. The van der Waals surface area contributed by atoms with Crippen LogP contribution in [0.2, 0.25) is 5.02 Å². The van der Waals surface area contributed by atoms with E-state index < -0.39 is 19.1 Å². The van der Waals surface area contributed by atoms with Crippen LogP contribution in [0.15, 0.2) is 30.5 Å². The maximum atomic E-state index is 12.6. The van der Waals surface area contributed by atoms with Crippen LogP contribution in [0.5, 0.6) is 5.75 Å². The van der Waals surface area contributed by atoms with Crippen molar-refractivity contribution in [2.75, 3.05) is 11.9 Å². The Bertz CT molecular complexity index is 870. The second kappa shape index (κ2) is 10.2. The summed E-state index contributed by atoms with van der Waals surface area (Å²) in [5.41, 5.74) is 1.61. The molecule has 9 heteroatoms. The van der Waals surface area contributed by atoms with E-state index in [1.807, 2.05) is 0 Å². The highest BCUT2D eigenvalue weighted by Gasteiger charge is 2.17. The van der Waals surface area contributed by atoms with Crippen molar-refractivity contribution in [2.24, 2.45) is 0 Å². The van der Waals surface area contributed by atoms with Gasteiger partial charge in [0.15, 0.2) is 0 Å². The molecule has 0 aliphatic carbocycles. The first-order valence-corrected chi connectivity index (χ1v) is 9.36. The lowest BCUT2D eigenvalue weighted by Crippen LogP contribution is -2.27. The summed E-state index contributed by atoms with van der Waals surface area (Å²) in [6.45, 7) is 4.43. The number of benzene rings is 1. The Morgan fingerprint density at radius 1 is 1.28 bits per heavy atom. The zero-order chi connectivity index (χ0) is 21.6. The number of pyridine rings is 1. The predicted octanol–water partition coefficient (Wildman–Crippen LogP) is 4.53. The Balaban J connectivity index is 2.11. The molecule has 2 amide bonds. The van der Waals surface area contributed by atoms with Crippen molar-refractivity contribution in [3.63, 3.8) is 0 Å². The number of amides is 2. The van der Waals surface area contributed by atoms with Crippen LogP contribution in [0.1, 0.15) is 47.8 Å². The molecule has 6 nitrogen and oxygen atoms in total. The van der Waals surface area contributed by atoms with E-state index in [1.165, 1.54) is 18.3 Å². The number of nitrogens with one attached hydrogen (secondary N) is 2. The minimum absolute atomic E-state index is 0.190. The Hall–Kier alpha value is -2.74. The van der Waals surface area contributed by atoms with E-state index in [9.17, 15) is 18.4 Å². The largest absolute Gasteiger partial charge is 0.486 e. The van der Waals surface area contributed by atoms with E-state index in [0.717, 1.165) is 0 Å². The number of alkyl halides is 2. The molecule has 2 aromatic rings. The van der Waals surface area contributed by atoms with Gasteiger partial charge in [0.2, 0.25) is 5.91 Å². The summed E-state index contributed by atoms with van der Waals surface area (Å²) >= 11 is 6.17. The average Bonchev–Trinajstić information content (AvgIpc) is 2.66. The van der Waals surface area contributed by atoms with E-state index in [1.54, 1.807) is 32.9 Å². The normalized spacial score (nSPS) is 11.8. The van der Waals surface area contributed by atoms with E-state index in [2.05, 4.69) is 15.6 Å². The van der Waals surface area contributed by atoms with Crippen LogP contribution in [0.25, 0.3) is 0 Å². The molecule has 0 radical (unpaired) electrons. The molecule has 2 rings (SSSR count). The molecule has 29 heavy (non-hydrogen) atoms. The first-order chi connectivity index (χ1) is 13.7. The van der Waals surface area contributed by atoms with Crippen molar-refractivity contribution >= 4 is 29.2 Å². The molecular weight excluding hydrogens is 404 g/mol. The van der Waals surface area contributed by atoms with Gasteiger partial charge in [0.1, 0.15) is 18.2 Å². The summed E-state index contributed by atoms with van der Waals surface area (Å²) in [5, 5.41) is 5.62. The zero-order valence-electron chi connectivity index (χ0n) is 16.3. The Morgan fingerprint density at radius 3 is 2.62 bits per heavy atom. The summed E-state index contributed by atoms with van der Waals surface area (Å²) in [7, 11) is 0. The van der Waals surface area contributed by atoms with Crippen molar-refractivity contribution in [2.45, 2.75) is 39.7 Å². The number of anilines is 1. The van der Waals surface area contributed by atoms with Gasteiger partial charge in [0, 0.05) is 18.2 Å². The van der Waals surface area contributed by atoms with Crippen LogP contribution in [0.3, 0.4) is 0 Å². The number of nitrogens with zero attached hydrogens (tertiary/aromatic N) is 1. The summed E-state index contributed by atoms with van der Waals surface area (Å²) < 4.78 is 29.8. The van der Waals surface area contributed by atoms with Crippen LogP contribution < -0.4 is 15.4 Å². The SMILES string of the molecule is CCC(=O)Nc1cc(C(=O)NC(C)c2cc(C)c(OCC(F)F)c(Cl)c2)ccn1. The second-order valence-electron chi connectivity index (χ2n) is 6.38. The summed E-state index contributed by atoms with van der Waals surface area (Å²) in [6, 6.07) is 5.89. The molecule has 0 aliphatic rings. The summed E-state index contributed by atoms with van der Waals surface area (Å²) in [6.07, 6.45) is -0.872. The Kier molecular flexibility index (Phi) is 7.90. The monoisotopic (exact) mass is 425 g/mol. The molecule has 0 fully saturated rings. The summed E-state index contributed by atoms with van der Waals surface area (Å²) in [5.74, 6) is -0.0855. The van der Waals surface area contributed by atoms with E-state index >= 15 is 0 Å².